The molecular weight excluding hydrogens is 287 g/mol. The Bertz CT molecular complexity index is 802. The fraction of sp³-hybridized carbons (Fsp3) is 0.231. The van der Waals surface area contributed by atoms with Gasteiger partial charge in [-0.15, -0.1) is 0 Å². The molecule has 0 saturated heterocycles. The summed E-state index contributed by atoms with van der Waals surface area (Å²) in [5.74, 6) is -0.547. The van der Waals surface area contributed by atoms with Gasteiger partial charge >= 0.3 is 6.18 Å². The molecule has 2 aromatic rings. The first-order valence-corrected chi connectivity index (χ1v) is 6.08. The second-order valence-electron chi connectivity index (χ2n) is 4.77. The van der Waals surface area contributed by atoms with E-state index in [-0.39, 0.29) is 17.8 Å². The number of halogens is 3. The number of carbonyl (C=O) groups is 1. The van der Waals surface area contributed by atoms with Gasteiger partial charge in [-0.3, -0.25) is 14.3 Å². The van der Waals surface area contributed by atoms with Crippen LogP contribution in [0.1, 0.15) is 11.3 Å². The Morgan fingerprint density at radius 2 is 1.90 bits per heavy atom. The number of nitrogens with one attached hydrogen (secondary N) is 1. The van der Waals surface area contributed by atoms with Gasteiger partial charge in [-0.05, 0) is 25.1 Å². The van der Waals surface area contributed by atoms with Crippen molar-refractivity contribution in [1.82, 2.24) is 9.36 Å². The van der Waals surface area contributed by atoms with Crippen molar-refractivity contribution in [3.63, 3.8) is 0 Å². The largest absolute Gasteiger partial charge is 0.416 e. The molecule has 0 saturated carbocycles. The fourth-order valence-electron chi connectivity index (χ4n) is 2.39. The predicted molar refractivity (Wildman–Crippen MR) is 68.4 cm³/mol. The molecular formula is C13H10F3N3O2. The predicted octanol–water partition coefficient (Wildman–Crippen LogP) is 1.92. The van der Waals surface area contributed by atoms with Crippen LogP contribution in [-0.4, -0.2) is 15.3 Å². The van der Waals surface area contributed by atoms with E-state index in [9.17, 15) is 22.8 Å². The number of aromatic nitrogens is 2. The van der Waals surface area contributed by atoms with Crippen LogP contribution in [0.3, 0.4) is 0 Å². The second kappa shape index (κ2) is 4.24. The summed E-state index contributed by atoms with van der Waals surface area (Å²) < 4.78 is 40.9. The summed E-state index contributed by atoms with van der Waals surface area (Å²) in [4.78, 5) is 23.6. The molecule has 1 N–H and O–H groups in total. The van der Waals surface area contributed by atoms with Gasteiger partial charge in [-0.1, -0.05) is 0 Å². The molecule has 21 heavy (non-hydrogen) atoms. The highest BCUT2D eigenvalue weighted by Crippen LogP contribution is 2.34. The number of aryl methyl sites for hydroxylation is 1. The Kier molecular flexibility index (Phi) is 2.72. The smallest absolute Gasteiger partial charge is 0.323 e. The van der Waals surface area contributed by atoms with Gasteiger partial charge in [0.1, 0.15) is 6.54 Å². The Labute approximate surface area is 116 Å². The minimum absolute atomic E-state index is 0.0276. The lowest BCUT2D eigenvalue weighted by atomic mass is 10.1. The summed E-state index contributed by atoms with van der Waals surface area (Å²) in [5, 5.41) is 2.40. The van der Waals surface area contributed by atoms with Crippen molar-refractivity contribution < 1.29 is 18.0 Å². The second-order valence-corrected chi connectivity index (χ2v) is 4.77. The third kappa shape index (κ3) is 2.12. The number of hydrogen-bond donors (Lipinski definition) is 1. The number of amides is 1. The average molecular weight is 297 g/mol. The first-order valence-electron chi connectivity index (χ1n) is 6.08. The quantitative estimate of drug-likeness (QED) is 0.807. The molecule has 0 unspecified atom stereocenters. The standard InChI is InChI=1S/C13H10F3N3O2/c1-7-4-12(21)18-6-11(20)17-9-5-8(13(14,15)16)2-3-10(9)19(7)18/h2-5H,6H2,1H3,(H,17,20). The number of alkyl halides is 3. The van der Waals surface area contributed by atoms with Crippen molar-refractivity contribution in [2.24, 2.45) is 0 Å². The zero-order chi connectivity index (χ0) is 15.4. The molecule has 0 bridgehead atoms. The molecule has 1 aliphatic heterocycles. The van der Waals surface area contributed by atoms with Gasteiger partial charge in [0.2, 0.25) is 5.91 Å². The summed E-state index contributed by atoms with van der Waals surface area (Å²) in [6.45, 7) is 1.40. The molecule has 1 aliphatic rings. The summed E-state index contributed by atoms with van der Waals surface area (Å²) in [6.07, 6.45) is -4.50. The van der Waals surface area contributed by atoms with Gasteiger partial charge in [-0.2, -0.15) is 13.2 Å². The minimum Gasteiger partial charge on any atom is -0.323 e. The number of hydrogen-bond acceptors (Lipinski definition) is 2. The Morgan fingerprint density at radius 3 is 2.57 bits per heavy atom. The van der Waals surface area contributed by atoms with Crippen LogP contribution in [0.15, 0.2) is 29.1 Å². The number of nitrogens with zero attached hydrogens (tertiary/aromatic N) is 2. The van der Waals surface area contributed by atoms with Crippen molar-refractivity contribution in [2.45, 2.75) is 19.6 Å². The lowest BCUT2D eigenvalue weighted by Crippen LogP contribution is -2.26. The van der Waals surface area contributed by atoms with Gasteiger partial charge < -0.3 is 5.32 Å². The number of fused-ring (bicyclic) bond motifs is 3. The maximum Gasteiger partial charge on any atom is 0.416 e. The van der Waals surface area contributed by atoms with E-state index in [0.717, 1.165) is 12.1 Å². The molecule has 0 atom stereocenters. The highest BCUT2D eigenvalue weighted by atomic mass is 19.4. The number of anilines is 1. The zero-order valence-corrected chi connectivity index (χ0v) is 10.9. The lowest BCUT2D eigenvalue weighted by molar-refractivity contribution is -0.137. The topological polar surface area (TPSA) is 56.0 Å². The first-order chi connectivity index (χ1) is 9.77. The molecule has 1 amide bonds. The summed E-state index contributed by atoms with van der Waals surface area (Å²) in [5.41, 5.74) is -0.344. The van der Waals surface area contributed by atoms with Gasteiger partial charge in [0.15, 0.2) is 0 Å². The van der Waals surface area contributed by atoms with E-state index in [2.05, 4.69) is 5.32 Å². The van der Waals surface area contributed by atoms with Crippen LogP contribution in [0.25, 0.3) is 5.69 Å². The zero-order valence-electron chi connectivity index (χ0n) is 10.9. The van der Waals surface area contributed by atoms with Gasteiger partial charge in [0, 0.05) is 11.8 Å². The maximum absolute atomic E-state index is 12.8. The Hall–Kier alpha value is -2.51. The molecule has 0 radical (unpaired) electrons. The van der Waals surface area contributed by atoms with Crippen LogP contribution in [0.4, 0.5) is 18.9 Å². The van der Waals surface area contributed by atoms with Crippen molar-refractivity contribution in [3.8, 4) is 5.69 Å². The fourth-order valence-corrected chi connectivity index (χ4v) is 2.39. The van der Waals surface area contributed by atoms with Crippen molar-refractivity contribution in [2.75, 3.05) is 5.32 Å². The molecule has 0 aliphatic carbocycles. The van der Waals surface area contributed by atoms with Gasteiger partial charge in [0.25, 0.3) is 5.56 Å². The monoisotopic (exact) mass is 297 g/mol. The molecule has 2 heterocycles. The molecule has 110 valence electrons. The third-order valence-electron chi connectivity index (χ3n) is 3.28. The third-order valence-corrected chi connectivity index (χ3v) is 3.28. The molecule has 8 heteroatoms. The van der Waals surface area contributed by atoms with E-state index in [1.54, 1.807) is 6.92 Å². The Balaban J connectivity index is 2.29. The normalized spacial score (nSPS) is 14.2. The number of carbonyl (C=O) groups excluding carboxylic acids is 1. The van der Waals surface area contributed by atoms with E-state index in [0.29, 0.717) is 11.4 Å². The SMILES string of the molecule is Cc1cc(=O)n2n1-c1ccc(C(F)(F)F)cc1NC(=O)C2. The molecule has 1 aromatic carbocycles. The molecule has 0 spiro atoms. The minimum atomic E-state index is -4.50. The highest BCUT2D eigenvalue weighted by molar-refractivity contribution is 5.93. The van der Waals surface area contributed by atoms with Crippen LogP contribution in [-0.2, 0) is 17.5 Å². The number of rotatable bonds is 0. The van der Waals surface area contributed by atoms with E-state index in [1.807, 2.05) is 0 Å². The van der Waals surface area contributed by atoms with E-state index >= 15 is 0 Å². The molecule has 3 rings (SSSR count). The average Bonchev–Trinajstić information content (AvgIpc) is 2.56. The van der Waals surface area contributed by atoms with Crippen LogP contribution in [0.5, 0.6) is 0 Å². The van der Waals surface area contributed by atoms with E-state index in [1.165, 1.54) is 21.5 Å². The summed E-state index contributed by atoms with van der Waals surface area (Å²) in [7, 11) is 0. The molecule has 5 nitrogen and oxygen atoms in total. The highest BCUT2D eigenvalue weighted by Gasteiger charge is 2.32. The lowest BCUT2D eigenvalue weighted by Gasteiger charge is -2.14. The summed E-state index contributed by atoms with van der Waals surface area (Å²) in [6, 6.07) is 4.37. The Morgan fingerprint density at radius 1 is 1.19 bits per heavy atom. The van der Waals surface area contributed by atoms with Gasteiger partial charge in [-0.25, -0.2) is 4.68 Å². The molecule has 1 aromatic heterocycles. The van der Waals surface area contributed by atoms with Crippen LogP contribution >= 0.6 is 0 Å². The van der Waals surface area contributed by atoms with Crippen molar-refractivity contribution in [1.29, 1.82) is 0 Å². The van der Waals surface area contributed by atoms with Crippen LogP contribution in [0.2, 0.25) is 0 Å². The number of benzene rings is 1. The van der Waals surface area contributed by atoms with Gasteiger partial charge in [0.05, 0.1) is 16.9 Å². The van der Waals surface area contributed by atoms with E-state index in [4.69, 9.17) is 0 Å². The molecule has 0 fully saturated rings. The summed E-state index contributed by atoms with van der Waals surface area (Å²) >= 11 is 0. The van der Waals surface area contributed by atoms with E-state index < -0.39 is 17.6 Å². The van der Waals surface area contributed by atoms with Crippen LogP contribution in [0, 0.1) is 6.92 Å². The maximum atomic E-state index is 12.8. The van der Waals surface area contributed by atoms with Crippen LogP contribution < -0.4 is 10.9 Å². The van der Waals surface area contributed by atoms with Crippen molar-refractivity contribution in [3.05, 3.63) is 45.9 Å². The first kappa shape index (κ1) is 13.5. The van der Waals surface area contributed by atoms with Crippen molar-refractivity contribution >= 4 is 11.6 Å².